The summed E-state index contributed by atoms with van der Waals surface area (Å²) in [5.74, 6) is -1.82. The molecule has 2 N–H and O–H groups in total. The quantitative estimate of drug-likeness (QED) is 0.578. The number of hydrogen-bond acceptors (Lipinski definition) is 4. The molecule has 0 aliphatic rings. The van der Waals surface area contributed by atoms with Gasteiger partial charge in [-0.2, -0.15) is 23.0 Å². The van der Waals surface area contributed by atoms with Gasteiger partial charge in [0.25, 0.3) is 11.5 Å². The van der Waals surface area contributed by atoms with Crippen molar-refractivity contribution in [2.24, 2.45) is 0 Å². The van der Waals surface area contributed by atoms with Crippen LogP contribution in [-0.2, 0) is 0 Å². The van der Waals surface area contributed by atoms with Gasteiger partial charge in [0, 0.05) is 10.6 Å². The second-order valence-corrected chi connectivity index (χ2v) is 6.85. The fraction of sp³-hybridized carbons (Fsp3) is 0.150. The van der Waals surface area contributed by atoms with Gasteiger partial charge >= 0.3 is 6.18 Å². The minimum atomic E-state index is -4.94. The van der Waals surface area contributed by atoms with E-state index >= 15 is 0 Å². The number of halogens is 5. The first-order valence-electron chi connectivity index (χ1n) is 8.75. The molecule has 0 saturated heterocycles. The maximum atomic E-state index is 13.7. The van der Waals surface area contributed by atoms with E-state index in [0.717, 1.165) is 22.9 Å². The average Bonchev–Trinajstić information content (AvgIpc) is 2.72. The molecule has 31 heavy (non-hydrogen) atoms. The van der Waals surface area contributed by atoms with E-state index in [0.29, 0.717) is 10.6 Å². The van der Waals surface area contributed by atoms with Crippen molar-refractivity contribution in [1.82, 2.24) is 15.1 Å². The van der Waals surface area contributed by atoms with Crippen LogP contribution in [0.25, 0.3) is 16.9 Å². The summed E-state index contributed by atoms with van der Waals surface area (Å²) in [6, 6.07) is 12.1. The summed E-state index contributed by atoms with van der Waals surface area (Å²) in [6.45, 7) is -1.15. The molecule has 1 heterocycles. The molecule has 0 aliphatic carbocycles. The van der Waals surface area contributed by atoms with E-state index in [2.05, 4.69) is 5.10 Å². The minimum Gasteiger partial charge on any atom is -0.382 e. The number of amides is 1. The molecule has 0 aliphatic heterocycles. The summed E-state index contributed by atoms with van der Waals surface area (Å²) in [7, 11) is 0. The molecule has 0 saturated carbocycles. The Balaban J connectivity index is 2.08. The van der Waals surface area contributed by atoms with E-state index < -0.39 is 41.7 Å². The number of rotatable bonds is 5. The molecule has 1 aromatic heterocycles. The van der Waals surface area contributed by atoms with Crippen molar-refractivity contribution in [2.45, 2.75) is 12.3 Å². The molecule has 1 atom stereocenters. The van der Waals surface area contributed by atoms with Gasteiger partial charge in [0.2, 0.25) is 0 Å². The number of benzene rings is 2. The van der Waals surface area contributed by atoms with Crippen LogP contribution in [-0.4, -0.2) is 39.6 Å². The van der Waals surface area contributed by atoms with Crippen LogP contribution < -0.4 is 10.9 Å². The van der Waals surface area contributed by atoms with Crippen LogP contribution in [0.2, 0.25) is 5.02 Å². The van der Waals surface area contributed by atoms with E-state index in [-0.39, 0.29) is 11.4 Å². The third-order valence-corrected chi connectivity index (χ3v) is 4.43. The van der Waals surface area contributed by atoms with Crippen LogP contribution in [0.1, 0.15) is 10.4 Å². The van der Waals surface area contributed by atoms with Crippen molar-refractivity contribution >= 4 is 17.5 Å². The molecule has 0 spiro atoms. The lowest BCUT2D eigenvalue weighted by Gasteiger charge is -2.15. The van der Waals surface area contributed by atoms with Crippen molar-refractivity contribution < 1.29 is 27.5 Å². The van der Waals surface area contributed by atoms with Crippen molar-refractivity contribution in [2.75, 3.05) is 6.54 Å². The highest BCUT2D eigenvalue weighted by Gasteiger charge is 2.38. The highest BCUT2D eigenvalue weighted by atomic mass is 35.5. The molecule has 1 unspecified atom stereocenters. The van der Waals surface area contributed by atoms with Gasteiger partial charge in [0.15, 0.2) is 6.10 Å². The second-order valence-electron chi connectivity index (χ2n) is 6.41. The zero-order valence-corrected chi connectivity index (χ0v) is 16.3. The Labute approximate surface area is 177 Å². The normalized spacial score (nSPS) is 12.5. The highest BCUT2D eigenvalue weighted by Crippen LogP contribution is 2.21. The predicted octanol–water partition coefficient (Wildman–Crippen LogP) is 3.35. The van der Waals surface area contributed by atoms with Crippen molar-refractivity contribution in [3.63, 3.8) is 0 Å². The third kappa shape index (κ3) is 5.28. The molecule has 11 heteroatoms. The molecular weight excluding hydrogens is 442 g/mol. The van der Waals surface area contributed by atoms with E-state index in [1.165, 1.54) is 24.3 Å². The van der Waals surface area contributed by atoms with Gasteiger partial charge in [-0.25, -0.2) is 4.39 Å². The minimum absolute atomic E-state index is 0.00481. The predicted molar refractivity (Wildman–Crippen MR) is 105 cm³/mol. The number of carbonyl (C=O) groups is 1. The summed E-state index contributed by atoms with van der Waals surface area (Å²) >= 11 is 5.86. The van der Waals surface area contributed by atoms with Crippen LogP contribution in [0, 0.1) is 5.82 Å². The standard InChI is InChI=1S/C20H14ClF4N3O3/c21-12-6-4-11(5-7-12)16-9-15(18(30)26-10-17(29)20(23,24)25)19(31)28(27-16)14-3-1-2-13(22)8-14/h1-9,17,29H,10H2,(H,26,30). The van der Waals surface area contributed by atoms with E-state index in [4.69, 9.17) is 16.7 Å². The lowest BCUT2D eigenvalue weighted by atomic mass is 10.1. The number of hydrogen-bond donors (Lipinski definition) is 2. The molecule has 3 aromatic rings. The van der Waals surface area contributed by atoms with E-state index in [1.807, 2.05) is 5.32 Å². The van der Waals surface area contributed by atoms with Gasteiger partial charge in [0.1, 0.15) is 11.4 Å². The summed E-state index contributed by atoms with van der Waals surface area (Å²) in [6.07, 6.45) is -7.75. The summed E-state index contributed by atoms with van der Waals surface area (Å²) in [5, 5.41) is 15.5. The Hall–Kier alpha value is -3.24. The van der Waals surface area contributed by atoms with Crippen LogP contribution in [0.4, 0.5) is 17.6 Å². The molecule has 0 bridgehead atoms. The highest BCUT2D eigenvalue weighted by molar-refractivity contribution is 6.30. The van der Waals surface area contributed by atoms with Gasteiger partial charge in [-0.3, -0.25) is 9.59 Å². The average molecular weight is 456 g/mol. The Morgan fingerprint density at radius 1 is 1.16 bits per heavy atom. The number of nitrogens with zero attached hydrogens (tertiary/aromatic N) is 2. The van der Waals surface area contributed by atoms with Gasteiger partial charge in [-0.1, -0.05) is 29.8 Å². The Bertz CT molecular complexity index is 1160. The summed E-state index contributed by atoms with van der Waals surface area (Å²) < 4.78 is 51.9. The van der Waals surface area contributed by atoms with Gasteiger partial charge in [-0.15, -0.1) is 0 Å². The van der Waals surface area contributed by atoms with Crippen LogP contribution in [0.5, 0.6) is 0 Å². The van der Waals surface area contributed by atoms with Crippen LogP contribution >= 0.6 is 11.6 Å². The number of alkyl halides is 3. The molecule has 1 amide bonds. The number of aromatic nitrogens is 2. The number of aliphatic hydroxyl groups is 1. The van der Waals surface area contributed by atoms with Crippen LogP contribution in [0.3, 0.4) is 0 Å². The summed E-state index contributed by atoms with van der Waals surface area (Å²) in [4.78, 5) is 25.3. The molecular formula is C20H14ClF4N3O3. The topological polar surface area (TPSA) is 84.2 Å². The Kier molecular flexibility index (Phi) is 6.42. The fourth-order valence-electron chi connectivity index (χ4n) is 2.60. The lowest BCUT2D eigenvalue weighted by Crippen LogP contribution is -2.42. The van der Waals surface area contributed by atoms with Crippen LogP contribution in [0.15, 0.2) is 59.4 Å². The van der Waals surface area contributed by atoms with Gasteiger partial charge < -0.3 is 10.4 Å². The summed E-state index contributed by atoms with van der Waals surface area (Å²) in [5.41, 5.74) is -0.966. The number of carbonyl (C=O) groups excluding carboxylic acids is 1. The Morgan fingerprint density at radius 2 is 1.84 bits per heavy atom. The monoisotopic (exact) mass is 455 g/mol. The fourth-order valence-corrected chi connectivity index (χ4v) is 2.73. The maximum Gasteiger partial charge on any atom is 0.416 e. The first-order valence-corrected chi connectivity index (χ1v) is 9.13. The third-order valence-electron chi connectivity index (χ3n) is 4.18. The van der Waals surface area contributed by atoms with Crippen molar-refractivity contribution in [3.8, 4) is 16.9 Å². The van der Waals surface area contributed by atoms with E-state index in [9.17, 15) is 27.2 Å². The molecule has 0 fully saturated rings. The second kappa shape index (κ2) is 8.86. The van der Waals surface area contributed by atoms with Gasteiger partial charge in [0.05, 0.1) is 17.9 Å². The zero-order valence-electron chi connectivity index (χ0n) is 15.5. The SMILES string of the molecule is O=C(NCC(O)C(F)(F)F)c1cc(-c2ccc(Cl)cc2)nn(-c2cccc(F)c2)c1=O. The zero-order chi connectivity index (χ0) is 22.8. The van der Waals surface area contributed by atoms with E-state index in [1.54, 1.807) is 12.1 Å². The first-order chi connectivity index (χ1) is 14.6. The maximum absolute atomic E-state index is 13.7. The largest absolute Gasteiger partial charge is 0.416 e. The van der Waals surface area contributed by atoms with Crippen molar-refractivity contribution in [3.05, 3.63) is 81.4 Å². The molecule has 2 aromatic carbocycles. The van der Waals surface area contributed by atoms with Gasteiger partial charge in [-0.05, 0) is 36.4 Å². The molecule has 162 valence electrons. The smallest absolute Gasteiger partial charge is 0.382 e. The molecule has 3 rings (SSSR count). The molecule has 6 nitrogen and oxygen atoms in total. The number of nitrogens with one attached hydrogen (secondary N) is 1. The number of aliphatic hydroxyl groups excluding tert-OH is 1. The van der Waals surface area contributed by atoms with Crippen molar-refractivity contribution in [1.29, 1.82) is 0 Å². The first kappa shape index (κ1) is 22.4. The lowest BCUT2D eigenvalue weighted by molar-refractivity contribution is -0.201. The molecule has 0 radical (unpaired) electrons. The Morgan fingerprint density at radius 3 is 2.45 bits per heavy atom.